The van der Waals surface area contributed by atoms with Crippen LogP contribution in [0, 0.1) is 5.92 Å². The van der Waals surface area contributed by atoms with Gasteiger partial charge in [0.1, 0.15) is 0 Å². The fourth-order valence-corrected chi connectivity index (χ4v) is 4.12. The van der Waals surface area contributed by atoms with Gasteiger partial charge in [0.05, 0.1) is 0 Å². The van der Waals surface area contributed by atoms with Crippen molar-refractivity contribution in [2.75, 3.05) is 26.2 Å². The summed E-state index contributed by atoms with van der Waals surface area (Å²) in [6.45, 7) is 4.65. The number of rotatable bonds is 3. The Bertz CT molecular complexity index is 409. The summed E-state index contributed by atoms with van der Waals surface area (Å²) in [6, 6.07) is 9.58. The molecule has 0 aromatic heterocycles. The lowest BCUT2D eigenvalue weighted by molar-refractivity contribution is 0.125. The number of benzene rings is 1. The molecule has 0 amide bonds. The van der Waals surface area contributed by atoms with Crippen LogP contribution in [0.1, 0.15) is 37.3 Å². The van der Waals surface area contributed by atoms with Gasteiger partial charge in [-0.05, 0) is 36.5 Å². The maximum Gasteiger partial charge on any atom is 0.0377 e. The Morgan fingerprint density at radius 1 is 1.16 bits per heavy atom. The van der Waals surface area contributed by atoms with Crippen LogP contribution < -0.4 is 5.32 Å². The van der Waals surface area contributed by atoms with Crippen LogP contribution in [-0.2, 0) is 0 Å². The Morgan fingerprint density at radius 2 is 1.89 bits per heavy atom. The van der Waals surface area contributed by atoms with E-state index < -0.39 is 0 Å². The van der Waals surface area contributed by atoms with Gasteiger partial charge in [-0.3, -0.25) is 4.90 Å². The van der Waals surface area contributed by atoms with Crippen LogP contribution >= 0.6 is 15.9 Å². The van der Waals surface area contributed by atoms with Crippen LogP contribution in [0.25, 0.3) is 0 Å². The highest BCUT2D eigenvalue weighted by atomic mass is 79.9. The van der Waals surface area contributed by atoms with Gasteiger partial charge in [0.15, 0.2) is 0 Å². The zero-order valence-electron chi connectivity index (χ0n) is 11.4. The molecule has 0 bridgehead atoms. The van der Waals surface area contributed by atoms with Crippen LogP contribution in [-0.4, -0.2) is 31.1 Å². The molecule has 1 aliphatic heterocycles. The Morgan fingerprint density at radius 3 is 2.58 bits per heavy atom. The van der Waals surface area contributed by atoms with E-state index >= 15 is 0 Å². The second-order valence-corrected chi connectivity index (χ2v) is 6.75. The fraction of sp³-hybridized carbons (Fsp3) is 0.625. The van der Waals surface area contributed by atoms with E-state index in [2.05, 4.69) is 50.4 Å². The lowest BCUT2D eigenvalue weighted by atomic mass is 9.90. The van der Waals surface area contributed by atoms with E-state index in [4.69, 9.17) is 0 Å². The first-order valence-electron chi connectivity index (χ1n) is 7.55. The van der Waals surface area contributed by atoms with Crippen LogP contribution in [0.2, 0.25) is 0 Å². The minimum absolute atomic E-state index is 0.627. The highest BCUT2D eigenvalue weighted by Crippen LogP contribution is 2.40. The van der Waals surface area contributed by atoms with Crippen molar-refractivity contribution in [3.05, 3.63) is 34.3 Å². The SMILES string of the molecule is Brc1cccc([C@@H](C2CCCC2)N2CCNCC2)c1. The van der Waals surface area contributed by atoms with Crippen molar-refractivity contribution in [3.63, 3.8) is 0 Å². The summed E-state index contributed by atoms with van der Waals surface area (Å²) >= 11 is 3.63. The molecule has 0 radical (unpaired) electrons. The number of hydrogen-bond donors (Lipinski definition) is 1. The summed E-state index contributed by atoms with van der Waals surface area (Å²) in [7, 11) is 0. The Kier molecular flexibility index (Phi) is 4.57. The molecule has 0 unspecified atom stereocenters. The van der Waals surface area contributed by atoms with E-state index in [0.29, 0.717) is 6.04 Å². The van der Waals surface area contributed by atoms with Crippen LogP contribution in [0.4, 0.5) is 0 Å². The first kappa shape index (κ1) is 13.6. The van der Waals surface area contributed by atoms with Crippen LogP contribution in [0.5, 0.6) is 0 Å². The number of hydrogen-bond acceptors (Lipinski definition) is 2. The third-order valence-corrected chi connectivity index (χ3v) is 5.07. The lowest BCUT2D eigenvalue weighted by Gasteiger charge is -2.38. The van der Waals surface area contributed by atoms with Gasteiger partial charge in [-0.2, -0.15) is 0 Å². The molecule has 2 nitrogen and oxygen atoms in total. The lowest BCUT2D eigenvalue weighted by Crippen LogP contribution is -2.46. The molecule has 1 atom stereocenters. The second-order valence-electron chi connectivity index (χ2n) is 5.83. The van der Waals surface area contributed by atoms with E-state index in [1.807, 2.05) is 0 Å². The first-order chi connectivity index (χ1) is 9.34. The van der Waals surface area contributed by atoms with Crippen molar-refractivity contribution < 1.29 is 0 Å². The molecule has 0 spiro atoms. The molecule has 1 aliphatic carbocycles. The number of nitrogens with zero attached hydrogens (tertiary/aromatic N) is 1. The molecule has 1 aromatic rings. The molecule has 1 saturated heterocycles. The number of halogens is 1. The van der Waals surface area contributed by atoms with Crippen molar-refractivity contribution in [1.29, 1.82) is 0 Å². The maximum atomic E-state index is 3.63. The molecule has 104 valence electrons. The first-order valence-corrected chi connectivity index (χ1v) is 8.34. The Balaban J connectivity index is 1.86. The third-order valence-electron chi connectivity index (χ3n) is 4.58. The van der Waals surface area contributed by atoms with Gasteiger partial charge in [-0.1, -0.05) is 40.9 Å². The topological polar surface area (TPSA) is 15.3 Å². The van der Waals surface area contributed by atoms with Gasteiger partial charge in [0.2, 0.25) is 0 Å². The molecule has 1 N–H and O–H groups in total. The Labute approximate surface area is 124 Å². The van der Waals surface area contributed by atoms with Crippen molar-refractivity contribution >= 4 is 15.9 Å². The molecular formula is C16H23BrN2. The average Bonchev–Trinajstić information content (AvgIpc) is 2.94. The Hall–Kier alpha value is -0.380. The average molecular weight is 323 g/mol. The van der Waals surface area contributed by atoms with Gasteiger partial charge in [0.25, 0.3) is 0 Å². The summed E-state index contributed by atoms with van der Waals surface area (Å²) in [5, 5.41) is 3.47. The zero-order valence-corrected chi connectivity index (χ0v) is 13.0. The van der Waals surface area contributed by atoms with Gasteiger partial charge in [0, 0.05) is 36.7 Å². The predicted molar refractivity (Wildman–Crippen MR) is 83.3 cm³/mol. The quantitative estimate of drug-likeness (QED) is 0.914. The van der Waals surface area contributed by atoms with Crippen molar-refractivity contribution in [1.82, 2.24) is 10.2 Å². The van der Waals surface area contributed by atoms with Gasteiger partial charge >= 0.3 is 0 Å². The molecular weight excluding hydrogens is 300 g/mol. The van der Waals surface area contributed by atoms with Crippen LogP contribution in [0.15, 0.2) is 28.7 Å². The van der Waals surface area contributed by atoms with E-state index in [-0.39, 0.29) is 0 Å². The van der Waals surface area contributed by atoms with Crippen LogP contribution in [0.3, 0.4) is 0 Å². The van der Waals surface area contributed by atoms with Gasteiger partial charge < -0.3 is 5.32 Å². The summed E-state index contributed by atoms with van der Waals surface area (Å²) in [5.74, 6) is 0.854. The molecule has 3 heteroatoms. The molecule has 1 saturated carbocycles. The van der Waals surface area contributed by atoms with E-state index in [1.165, 1.54) is 48.8 Å². The normalized spacial score (nSPS) is 23.6. The summed E-state index contributed by atoms with van der Waals surface area (Å²) < 4.78 is 1.21. The third kappa shape index (κ3) is 3.21. The highest BCUT2D eigenvalue weighted by molar-refractivity contribution is 9.10. The van der Waals surface area contributed by atoms with Crippen molar-refractivity contribution in [3.8, 4) is 0 Å². The minimum Gasteiger partial charge on any atom is -0.314 e. The molecule has 3 rings (SSSR count). The molecule has 1 heterocycles. The summed E-state index contributed by atoms with van der Waals surface area (Å²) in [4.78, 5) is 2.70. The van der Waals surface area contributed by atoms with Gasteiger partial charge in [-0.15, -0.1) is 0 Å². The van der Waals surface area contributed by atoms with E-state index in [0.717, 1.165) is 19.0 Å². The zero-order chi connectivity index (χ0) is 13.1. The monoisotopic (exact) mass is 322 g/mol. The molecule has 2 fully saturated rings. The standard InChI is InChI=1S/C16H23BrN2/c17-15-7-3-6-14(12-15)16(13-4-1-2-5-13)19-10-8-18-9-11-19/h3,6-7,12-13,16,18H,1-2,4-5,8-11H2/t16-/m1/s1. The summed E-state index contributed by atoms with van der Waals surface area (Å²) in [6.07, 6.45) is 5.64. The smallest absolute Gasteiger partial charge is 0.0377 e. The largest absolute Gasteiger partial charge is 0.314 e. The number of piperazine rings is 1. The van der Waals surface area contributed by atoms with Crippen molar-refractivity contribution in [2.45, 2.75) is 31.7 Å². The minimum atomic E-state index is 0.627. The summed E-state index contributed by atoms with van der Waals surface area (Å²) in [5.41, 5.74) is 1.50. The van der Waals surface area contributed by atoms with Crippen molar-refractivity contribution in [2.24, 2.45) is 5.92 Å². The molecule has 1 aromatic carbocycles. The second kappa shape index (κ2) is 6.38. The highest BCUT2D eigenvalue weighted by Gasteiger charge is 2.31. The predicted octanol–water partition coefficient (Wildman–Crippen LogP) is 3.59. The molecule has 2 aliphatic rings. The molecule has 19 heavy (non-hydrogen) atoms. The van der Waals surface area contributed by atoms with Gasteiger partial charge in [-0.25, -0.2) is 0 Å². The maximum absolute atomic E-state index is 3.63. The van der Waals surface area contributed by atoms with E-state index in [9.17, 15) is 0 Å². The fourth-order valence-electron chi connectivity index (χ4n) is 3.71. The number of nitrogens with one attached hydrogen (secondary N) is 1. The van der Waals surface area contributed by atoms with E-state index in [1.54, 1.807) is 0 Å².